The lowest BCUT2D eigenvalue weighted by Crippen LogP contribution is -2.43. The van der Waals surface area contributed by atoms with Gasteiger partial charge in [0.15, 0.2) is 0 Å². The molecular weight excluding hydrogens is 433 g/mol. The van der Waals surface area contributed by atoms with Gasteiger partial charge in [-0.3, -0.25) is 9.20 Å². The van der Waals surface area contributed by atoms with E-state index in [0.29, 0.717) is 46.5 Å². The minimum Gasteiger partial charge on any atom is -0.477 e. The molecule has 0 radical (unpaired) electrons. The maximum absolute atomic E-state index is 15.6. The number of anilines is 1. The molecule has 2 aliphatic carbocycles. The second-order valence-electron chi connectivity index (χ2n) is 9.84. The van der Waals surface area contributed by atoms with E-state index in [2.05, 4.69) is 19.1 Å². The number of allylic oxidation sites excluding steroid dienone is 1. The van der Waals surface area contributed by atoms with Crippen molar-refractivity contribution >= 4 is 38.7 Å². The molecule has 7 rings (SSSR count). The van der Waals surface area contributed by atoms with Crippen LogP contribution >= 0.6 is 11.3 Å². The molecule has 4 unspecified atom stereocenters. The van der Waals surface area contributed by atoms with Gasteiger partial charge in [0.2, 0.25) is 11.3 Å². The number of ether oxygens (including phenoxy) is 1. The number of fused-ring (bicyclic) bond motifs is 5. The molecule has 2 fully saturated rings. The quantitative estimate of drug-likeness (QED) is 0.579. The predicted molar refractivity (Wildman–Crippen MR) is 118 cm³/mol. The standard InChI is InChI=1S/C23H20FN3O4S/c1-22-2-3-23(25,9-22)13-6-26(5-12(13)22)18-11-7-31-15-8-32-20-16(21(29)30)19(28)10(4-14(18)24)17(11)27(15)20/h2-4,8,12-13H,5-7,9,25H2,1H3,(H,29,30). The minimum atomic E-state index is -1.33. The topological polar surface area (TPSA) is 97.3 Å². The summed E-state index contributed by atoms with van der Waals surface area (Å²) in [5.74, 6) is -0.821. The second kappa shape index (κ2) is 5.52. The molecule has 1 aromatic carbocycles. The first kappa shape index (κ1) is 18.6. The van der Waals surface area contributed by atoms with E-state index in [4.69, 9.17) is 10.5 Å². The van der Waals surface area contributed by atoms with Crippen LogP contribution in [0.1, 0.15) is 29.3 Å². The molecule has 3 N–H and O–H groups in total. The molecule has 2 bridgehead atoms. The van der Waals surface area contributed by atoms with Crippen molar-refractivity contribution in [2.75, 3.05) is 18.0 Å². The Bertz CT molecular complexity index is 1470. The van der Waals surface area contributed by atoms with E-state index in [1.807, 2.05) is 4.90 Å². The van der Waals surface area contributed by atoms with Crippen LogP contribution in [0.15, 0.2) is 28.4 Å². The van der Waals surface area contributed by atoms with Gasteiger partial charge in [-0.25, -0.2) is 9.18 Å². The summed E-state index contributed by atoms with van der Waals surface area (Å²) in [5.41, 5.74) is 6.91. The summed E-state index contributed by atoms with van der Waals surface area (Å²) >= 11 is 1.14. The number of carboxylic acid groups (broad SMARTS) is 1. The first-order chi connectivity index (χ1) is 15.2. The van der Waals surface area contributed by atoms with Crippen molar-refractivity contribution in [1.82, 2.24) is 4.40 Å². The number of carboxylic acids is 1. The summed E-state index contributed by atoms with van der Waals surface area (Å²) in [4.78, 5) is 27.2. The summed E-state index contributed by atoms with van der Waals surface area (Å²) < 4.78 is 23.2. The largest absolute Gasteiger partial charge is 0.477 e. The van der Waals surface area contributed by atoms with Crippen LogP contribution < -0.4 is 20.8 Å². The zero-order valence-electron chi connectivity index (χ0n) is 17.2. The average Bonchev–Trinajstić information content (AvgIpc) is 3.47. The first-order valence-corrected chi connectivity index (χ1v) is 11.5. The number of nitrogens with zero attached hydrogens (tertiary/aromatic N) is 2. The predicted octanol–water partition coefficient (Wildman–Crippen LogP) is 2.97. The van der Waals surface area contributed by atoms with Crippen molar-refractivity contribution < 1.29 is 19.0 Å². The normalized spacial score (nSPS) is 31.8. The molecule has 1 saturated heterocycles. The van der Waals surface area contributed by atoms with Crippen LogP contribution in [-0.2, 0) is 6.61 Å². The van der Waals surface area contributed by atoms with Crippen LogP contribution in [0.2, 0.25) is 0 Å². The Hall–Kier alpha value is -2.91. The van der Waals surface area contributed by atoms with E-state index >= 15 is 4.39 Å². The average molecular weight is 453 g/mol. The lowest BCUT2D eigenvalue weighted by Gasteiger charge is -2.30. The van der Waals surface area contributed by atoms with Crippen LogP contribution in [0.3, 0.4) is 0 Å². The van der Waals surface area contributed by atoms with E-state index in [9.17, 15) is 14.7 Å². The minimum absolute atomic E-state index is 0.0103. The Balaban J connectivity index is 1.47. The summed E-state index contributed by atoms with van der Waals surface area (Å²) in [6.45, 7) is 3.67. The highest BCUT2D eigenvalue weighted by molar-refractivity contribution is 7.16. The molecule has 9 heteroatoms. The van der Waals surface area contributed by atoms with Crippen molar-refractivity contribution in [2.45, 2.75) is 25.5 Å². The fraction of sp³-hybridized carbons (Fsp3) is 0.391. The zero-order chi connectivity index (χ0) is 22.2. The van der Waals surface area contributed by atoms with Crippen molar-refractivity contribution in [3.8, 4) is 5.88 Å². The van der Waals surface area contributed by atoms with E-state index < -0.39 is 17.2 Å². The number of aromatic nitrogens is 1. The molecule has 4 atom stereocenters. The van der Waals surface area contributed by atoms with Gasteiger partial charge < -0.3 is 20.5 Å². The number of hydrogen-bond donors (Lipinski definition) is 2. The maximum atomic E-state index is 15.6. The Labute approximate surface area is 185 Å². The smallest absolute Gasteiger partial charge is 0.342 e. The van der Waals surface area contributed by atoms with Gasteiger partial charge in [-0.05, 0) is 23.8 Å². The van der Waals surface area contributed by atoms with Crippen molar-refractivity contribution in [2.24, 2.45) is 23.0 Å². The number of rotatable bonds is 2. The Morgan fingerprint density at radius 2 is 2.12 bits per heavy atom. The lowest BCUT2D eigenvalue weighted by molar-refractivity contribution is 0.0697. The summed E-state index contributed by atoms with van der Waals surface area (Å²) in [6.07, 6.45) is 5.26. The molecular formula is C23H20FN3O4S. The van der Waals surface area contributed by atoms with Gasteiger partial charge in [0, 0.05) is 30.1 Å². The number of thiazole rings is 1. The van der Waals surface area contributed by atoms with Gasteiger partial charge in [0.1, 0.15) is 22.8 Å². The number of carbonyl (C=O) groups is 1. The number of nitrogens with two attached hydrogens (primary N) is 1. The van der Waals surface area contributed by atoms with Crippen molar-refractivity contribution in [1.29, 1.82) is 0 Å². The SMILES string of the molecule is CC12C=CC(N)(C1)C1CN(c3c(F)cc4c(=O)c(C(=O)O)c5scc6n5c4c3CO6)CC12. The van der Waals surface area contributed by atoms with E-state index in [0.717, 1.165) is 17.8 Å². The van der Waals surface area contributed by atoms with E-state index in [-0.39, 0.29) is 34.4 Å². The highest BCUT2D eigenvalue weighted by atomic mass is 32.1. The molecule has 2 aromatic heterocycles. The van der Waals surface area contributed by atoms with Crippen molar-refractivity contribution in [3.63, 3.8) is 0 Å². The third-order valence-electron chi connectivity index (χ3n) is 8.14. The summed E-state index contributed by atoms with van der Waals surface area (Å²) in [7, 11) is 0. The van der Waals surface area contributed by atoms with Gasteiger partial charge in [-0.1, -0.05) is 19.1 Å². The molecule has 1 saturated carbocycles. The van der Waals surface area contributed by atoms with Crippen LogP contribution in [0.25, 0.3) is 15.7 Å². The van der Waals surface area contributed by atoms with Crippen LogP contribution in [0.4, 0.5) is 10.1 Å². The number of aromatic carboxylic acids is 1. The third kappa shape index (κ3) is 2.00. The highest BCUT2D eigenvalue weighted by Gasteiger charge is 2.62. The fourth-order valence-corrected chi connectivity index (χ4v) is 7.75. The van der Waals surface area contributed by atoms with E-state index in [1.54, 1.807) is 9.78 Å². The monoisotopic (exact) mass is 453 g/mol. The van der Waals surface area contributed by atoms with Gasteiger partial charge in [0.05, 0.1) is 22.0 Å². The zero-order valence-corrected chi connectivity index (χ0v) is 18.0. The van der Waals surface area contributed by atoms with Gasteiger partial charge >= 0.3 is 5.97 Å². The molecule has 0 amide bonds. The fourth-order valence-electron chi connectivity index (χ4n) is 6.78. The Morgan fingerprint density at radius 3 is 2.88 bits per heavy atom. The molecule has 3 aromatic rings. The molecule has 4 aliphatic rings. The van der Waals surface area contributed by atoms with Crippen molar-refractivity contribution in [3.05, 3.63) is 50.8 Å². The maximum Gasteiger partial charge on any atom is 0.342 e. The Kier molecular flexibility index (Phi) is 3.22. The first-order valence-electron chi connectivity index (χ1n) is 10.6. The van der Waals surface area contributed by atoms with Gasteiger partial charge in [-0.15, -0.1) is 11.3 Å². The summed E-state index contributed by atoms with van der Waals surface area (Å²) in [5, 5.41) is 11.4. The molecule has 7 nitrogen and oxygen atoms in total. The molecule has 2 aliphatic heterocycles. The van der Waals surface area contributed by atoms with Crippen LogP contribution in [0.5, 0.6) is 5.88 Å². The van der Waals surface area contributed by atoms with Crippen LogP contribution in [0, 0.1) is 23.1 Å². The molecule has 32 heavy (non-hydrogen) atoms. The highest BCUT2D eigenvalue weighted by Crippen LogP contribution is 2.60. The van der Waals surface area contributed by atoms with Gasteiger partial charge in [0.25, 0.3) is 0 Å². The Morgan fingerprint density at radius 1 is 1.34 bits per heavy atom. The second-order valence-corrected chi connectivity index (χ2v) is 10.7. The molecule has 0 spiro atoms. The molecule has 4 heterocycles. The number of hydrogen-bond acceptors (Lipinski definition) is 6. The summed E-state index contributed by atoms with van der Waals surface area (Å²) in [6, 6.07) is 1.20. The van der Waals surface area contributed by atoms with Gasteiger partial charge in [-0.2, -0.15) is 0 Å². The number of benzene rings is 1. The number of halogens is 1. The van der Waals surface area contributed by atoms with E-state index in [1.165, 1.54) is 6.07 Å². The third-order valence-corrected chi connectivity index (χ3v) is 9.07. The molecule has 164 valence electrons. The van der Waals surface area contributed by atoms with Crippen LogP contribution in [-0.4, -0.2) is 34.1 Å². The lowest BCUT2D eigenvalue weighted by atomic mass is 9.76. The number of pyridine rings is 1.